The first kappa shape index (κ1) is 13.8. The molecule has 100 valence electrons. The van der Waals surface area contributed by atoms with E-state index in [9.17, 15) is 0 Å². The highest BCUT2D eigenvalue weighted by molar-refractivity contribution is 6.33. The molecule has 0 saturated heterocycles. The molecule has 0 amide bonds. The Morgan fingerprint density at radius 2 is 1.84 bits per heavy atom. The standard InChI is InChI=1S/C16H19ClN2/c1-12(10-11-13-6-3-2-4-7-13)19-15-9-5-8-14(17)16(15)18/h2-9,12,19H,10-11,18H2,1H3. The van der Waals surface area contributed by atoms with Crippen LogP contribution in [0.15, 0.2) is 48.5 Å². The SMILES string of the molecule is CC(CCc1ccccc1)Nc1cccc(Cl)c1N. The lowest BCUT2D eigenvalue weighted by Crippen LogP contribution is -2.17. The van der Waals surface area contributed by atoms with Crippen molar-refractivity contribution >= 4 is 23.0 Å². The minimum Gasteiger partial charge on any atom is -0.396 e. The second kappa shape index (κ2) is 6.48. The maximum Gasteiger partial charge on any atom is 0.0739 e. The summed E-state index contributed by atoms with van der Waals surface area (Å²) in [6, 6.07) is 16.5. The van der Waals surface area contributed by atoms with Crippen molar-refractivity contribution in [3.05, 3.63) is 59.1 Å². The van der Waals surface area contributed by atoms with Crippen LogP contribution in [-0.4, -0.2) is 6.04 Å². The first-order chi connectivity index (χ1) is 9.16. The molecule has 0 bridgehead atoms. The number of nitrogens with two attached hydrogens (primary N) is 1. The first-order valence-electron chi connectivity index (χ1n) is 6.51. The van der Waals surface area contributed by atoms with Crippen molar-refractivity contribution in [3.63, 3.8) is 0 Å². The second-order valence-corrected chi connectivity index (χ2v) is 5.18. The van der Waals surface area contributed by atoms with Gasteiger partial charge in [-0.1, -0.05) is 48.0 Å². The predicted octanol–water partition coefficient (Wildman–Crippen LogP) is 4.36. The second-order valence-electron chi connectivity index (χ2n) is 4.77. The van der Waals surface area contributed by atoms with Crippen LogP contribution < -0.4 is 11.1 Å². The van der Waals surface area contributed by atoms with Crippen molar-refractivity contribution in [1.82, 2.24) is 0 Å². The zero-order valence-corrected chi connectivity index (χ0v) is 11.8. The quantitative estimate of drug-likeness (QED) is 0.795. The van der Waals surface area contributed by atoms with Crippen LogP contribution in [0.2, 0.25) is 5.02 Å². The first-order valence-corrected chi connectivity index (χ1v) is 6.89. The zero-order chi connectivity index (χ0) is 13.7. The lowest BCUT2D eigenvalue weighted by molar-refractivity contribution is 0.706. The Hall–Kier alpha value is -1.67. The Labute approximate surface area is 119 Å². The highest BCUT2D eigenvalue weighted by Gasteiger charge is 2.07. The van der Waals surface area contributed by atoms with E-state index in [0.29, 0.717) is 16.8 Å². The van der Waals surface area contributed by atoms with Crippen molar-refractivity contribution in [1.29, 1.82) is 0 Å². The van der Waals surface area contributed by atoms with Crippen LogP contribution in [0.4, 0.5) is 11.4 Å². The van der Waals surface area contributed by atoms with Gasteiger partial charge in [0.2, 0.25) is 0 Å². The predicted molar refractivity (Wildman–Crippen MR) is 83.7 cm³/mol. The molecule has 2 rings (SSSR count). The van der Waals surface area contributed by atoms with Crippen LogP contribution in [-0.2, 0) is 6.42 Å². The Morgan fingerprint density at radius 3 is 2.58 bits per heavy atom. The van der Waals surface area contributed by atoms with Crippen molar-refractivity contribution in [2.24, 2.45) is 0 Å². The minimum absolute atomic E-state index is 0.348. The van der Waals surface area contributed by atoms with Crippen molar-refractivity contribution in [2.75, 3.05) is 11.1 Å². The molecular weight excluding hydrogens is 256 g/mol. The highest BCUT2D eigenvalue weighted by Crippen LogP contribution is 2.27. The van der Waals surface area contributed by atoms with Crippen LogP contribution in [0.3, 0.4) is 0 Å². The van der Waals surface area contributed by atoms with Gasteiger partial charge in [0, 0.05) is 6.04 Å². The van der Waals surface area contributed by atoms with E-state index >= 15 is 0 Å². The third kappa shape index (κ3) is 3.90. The molecular formula is C16H19ClN2. The molecule has 0 fully saturated rings. The van der Waals surface area contributed by atoms with Gasteiger partial charge in [0.15, 0.2) is 0 Å². The molecule has 0 saturated carbocycles. The van der Waals surface area contributed by atoms with Gasteiger partial charge in [0.05, 0.1) is 16.4 Å². The lowest BCUT2D eigenvalue weighted by Gasteiger charge is -2.17. The molecule has 0 aromatic heterocycles. The third-order valence-corrected chi connectivity index (χ3v) is 3.49. The van der Waals surface area contributed by atoms with E-state index in [-0.39, 0.29) is 0 Å². The molecule has 19 heavy (non-hydrogen) atoms. The van der Waals surface area contributed by atoms with Gasteiger partial charge < -0.3 is 11.1 Å². The molecule has 0 aliphatic heterocycles. The van der Waals surface area contributed by atoms with Gasteiger partial charge in [-0.05, 0) is 37.5 Å². The molecule has 3 heteroatoms. The van der Waals surface area contributed by atoms with Crippen molar-refractivity contribution in [2.45, 2.75) is 25.8 Å². The fourth-order valence-electron chi connectivity index (χ4n) is 2.03. The van der Waals surface area contributed by atoms with Gasteiger partial charge in [-0.15, -0.1) is 0 Å². The van der Waals surface area contributed by atoms with Crippen LogP contribution >= 0.6 is 11.6 Å². The average Bonchev–Trinajstić information content (AvgIpc) is 2.43. The largest absolute Gasteiger partial charge is 0.396 e. The molecule has 2 aromatic carbocycles. The van der Waals surface area contributed by atoms with Crippen LogP contribution in [0.5, 0.6) is 0 Å². The number of aryl methyl sites for hydroxylation is 1. The Morgan fingerprint density at radius 1 is 1.11 bits per heavy atom. The number of para-hydroxylation sites is 1. The fourth-order valence-corrected chi connectivity index (χ4v) is 2.20. The maximum absolute atomic E-state index is 6.01. The monoisotopic (exact) mass is 274 g/mol. The van der Waals surface area contributed by atoms with Gasteiger partial charge in [0.25, 0.3) is 0 Å². The number of rotatable bonds is 5. The Bertz CT molecular complexity index is 526. The van der Waals surface area contributed by atoms with E-state index in [4.69, 9.17) is 17.3 Å². The molecule has 2 nitrogen and oxygen atoms in total. The molecule has 0 heterocycles. The van der Waals surface area contributed by atoms with E-state index in [1.165, 1.54) is 5.56 Å². The smallest absolute Gasteiger partial charge is 0.0739 e. The molecule has 3 N–H and O–H groups in total. The molecule has 0 aliphatic carbocycles. The topological polar surface area (TPSA) is 38.0 Å². The number of benzene rings is 2. The summed E-state index contributed by atoms with van der Waals surface area (Å²) in [6.07, 6.45) is 2.10. The van der Waals surface area contributed by atoms with E-state index in [2.05, 4.69) is 36.5 Å². The molecule has 0 spiro atoms. The molecule has 1 unspecified atom stereocenters. The van der Waals surface area contributed by atoms with Gasteiger partial charge in [-0.25, -0.2) is 0 Å². The summed E-state index contributed by atoms with van der Waals surface area (Å²) in [5.74, 6) is 0. The van der Waals surface area contributed by atoms with E-state index < -0.39 is 0 Å². The summed E-state index contributed by atoms with van der Waals surface area (Å²) in [5, 5.41) is 4.01. The number of hydrogen-bond acceptors (Lipinski definition) is 2. The van der Waals surface area contributed by atoms with Crippen LogP contribution in [0.1, 0.15) is 18.9 Å². The fraction of sp³-hybridized carbons (Fsp3) is 0.250. The van der Waals surface area contributed by atoms with Crippen molar-refractivity contribution < 1.29 is 0 Å². The summed E-state index contributed by atoms with van der Waals surface area (Å²) < 4.78 is 0. The summed E-state index contributed by atoms with van der Waals surface area (Å²) >= 11 is 6.01. The maximum atomic E-state index is 6.01. The van der Waals surface area contributed by atoms with E-state index in [1.807, 2.05) is 18.2 Å². The van der Waals surface area contributed by atoms with Gasteiger partial charge in [-0.3, -0.25) is 0 Å². The van der Waals surface area contributed by atoms with Gasteiger partial charge in [0.1, 0.15) is 0 Å². The third-order valence-electron chi connectivity index (χ3n) is 3.16. The number of halogens is 1. The number of hydrogen-bond donors (Lipinski definition) is 2. The lowest BCUT2D eigenvalue weighted by atomic mass is 10.1. The summed E-state index contributed by atoms with van der Waals surface area (Å²) in [7, 11) is 0. The summed E-state index contributed by atoms with van der Waals surface area (Å²) in [6.45, 7) is 2.16. The Balaban J connectivity index is 1.91. The molecule has 1 atom stereocenters. The average molecular weight is 275 g/mol. The van der Waals surface area contributed by atoms with Crippen LogP contribution in [0.25, 0.3) is 0 Å². The van der Waals surface area contributed by atoms with Crippen molar-refractivity contribution in [3.8, 4) is 0 Å². The molecule has 0 aliphatic rings. The van der Waals surface area contributed by atoms with E-state index in [0.717, 1.165) is 18.5 Å². The molecule has 0 radical (unpaired) electrons. The molecule has 2 aromatic rings. The normalized spacial score (nSPS) is 12.1. The number of nitrogen functional groups attached to an aromatic ring is 1. The van der Waals surface area contributed by atoms with Gasteiger partial charge in [-0.2, -0.15) is 0 Å². The zero-order valence-electron chi connectivity index (χ0n) is 11.1. The van der Waals surface area contributed by atoms with Gasteiger partial charge >= 0.3 is 0 Å². The summed E-state index contributed by atoms with van der Waals surface area (Å²) in [4.78, 5) is 0. The Kier molecular flexibility index (Phi) is 4.69. The minimum atomic E-state index is 0.348. The number of anilines is 2. The summed E-state index contributed by atoms with van der Waals surface area (Å²) in [5.41, 5.74) is 8.83. The van der Waals surface area contributed by atoms with E-state index in [1.54, 1.807) is 6.07 Å². The number of nitrogens with one attached hydrogen (secondary N) is 1. The van der Waals surface area contributed by atoms with Crippen LogP contribution in [0, 0.1) is 0 Å². The highest BCUT2D eigenvalue weighted by atomic mass is 35.5.